The third-order valence-corrected chi connectivity index (χ3v) is 1.79. The van der Waals surface area contributed by atoms with Crippen molar-refractivity contribution in [3.8, 4) is 0 Å². The molecule has 0 bridgehead atoms. The molecule has 1 rings (SSSR count). The maximum atomic E-state index is 11.0. The van der Waals surface area contributed by atoms with Gasteiger partial charge in [-0.15, -0.1) is 0 Å². The summed E-state index contributed by atoms with van der Waals surface area (Å²) >= 11 is 0. The van der Waals surface area contributed by atoms with Gasteiger partial charge in [-0.2, -0.15) is 0 Å². The van der Waals surface area contributed by atoms with Crippen molar-refractivity contribution in [3.63, 3.8) is 0 Å². The summed E-state index contributed by atoms with van der Waals surface area (Å²) < 4.78 is 5.32. The highest BCUT2D eigenvalue weighted by Gasteiger charge is 2.22. The monoisotopic (exact) mass is 168 g/mol. The molecule has 1 heterocycles. The second kappa shape index (κ2) is 3.30. The number of ketones is 1. The van der Waals surface area contributed by atoms with Crippen molar-refractivity contribution in [2.75, 3.05) is 0 Å². The minimum atomic E-state index is 0.0856. The van der Waals surface area contributed by atoms with E-state index >= 15 is 0 Å². The van der Waals surface area contributed by atoms with E-state index in [0.717, 1.165) is 6.42 Å². The van der Waals surface area contributed by atoms with E-state index in [0.29, 0.717) is 6.42 Å². The Morgan fingerprint density at radius 2 is 2.25 bits per heavy atom. The van der Waals surface area contributed by atoms with Crippen LogP contribution in [0, 0.1) is 5.41 Å². The van der Waals surface area contributed by atoms with Crippen LogP contribution in [0.5, 0.6) is 0 Å². The van der Waals surface area contributed by atoms with Gasteiger partial charge in [-0.25, -0.2) is 0 Å². The van der Waals surface area contributed by atoms with Crippen molar-refractivity contribution >= 4 is 5.78 Å². The Labute approximate surface area is 73.6 Å². The average Bonchev–Trinajstić information content (AvgIpc) is 1.82. The molecule has 1 aliphatic rings. The van der Waals surface area contributed by atoms with Crippen LogP contribution in [0.4, 0.5) is 0 Å². The van der Waals surface area contributed by atoms with E-state index in [1.54, 1.807) is 0 Å². The van der Waals surface area contributed by atoms with Gasteiger partial charge in [0.1, 0.15) is 6.10 Å². The minimum Gasteiger partial charge on any atom is -0.497 e. The summed E-state index contributed by atoms with van der Waals surface area (Å²) in [7, 11) is 0. The third kappa shape index (κ3) is 3.07. The molecular weight excluding hydrogens is 152 g/mol. The summed E-state index contributed by atoms with van der Waals surface area (Å²) in [4.78, 5) is 11.0. The molecule has 0 saturated heterocycles. The molecule has 2 nitrogen and oxygen atoms in total. The van der Waals surface area contributed by atoms with Gasteiger partial charge in [0.05, 0.1) is 6.26 Å². The molecule has 68 valence electrons. The highest BCUT2D eigenvalue weighted by atomic mass is 16.5. The molecule has 0 saturated carbocycles. The molecule has 0 N–H and O–H groups in total. The van der Waals surface area contributed by atoms with Crippen LogP contribution < -0.4 is 0 Å². The van der Waals surface area contributed by atoms with E-state index in [-0.39, 0.29) is 17.3 Å². The van der Waals surface area contributed by atoms with Gasteiger partial charge in [0, 0.05) is 12.5 Å². The maximum Gasteiger partial charge on any atom is 0.162 e. The largest absolute Gasteiger partial charge is 0.497 e. The maximum absolute atomic E-state index is 11.0. The fraction of sp³-hybridized carbons (Fsp3) is 0.700. The Bertz CT molecular complexity index is 198. The van der Waals surface area contributed by atoms with E-state index in [1.165, 1.54) is 12.3 Å². The molecular formula is C10H16O2. The summed E-state index contributed by atoms with van der Waals surface area (Å²) in [5, 5.41) is 0. The number of ether oxygens (including phenoxy) is 1. The van der Waals surface area contributed by atoms with Crippen LogP contribution in [-0.2, 0) is 9.53 Å². The Morgan fingerprint density at radius 3 is 2.75 bits per heavy atom. The van der Waals surface area contributed by atoms with Crippen LogP contribution in [0.15, 0.2) is 12.3 Å². The van der Waals surface area contributed by atoms with Crippen molar-refractivity contribution in [3.05, 3.63) is 12.3 Å². The standard InChI is InChI=1S/C10H16O2/c1-10(2,3)7-9-6-8(11)4-5-12-9/h4-5,9H,6-7H2,1-3H3. The molecule has 0 aliphatic carbocycles. The molecule has 0 aromatic carbocycles. The van der Waals surface area contributed by atoms with Gasteiger partial charge >= 0.3 is 0 Å². The number of carbonyl (C=O) groups excluding carboxylic acids is 1. The Hall–Kier alpha value is -0.790. The summed E-state index contributed by atoms with van der Waals surface area (Å²) in [6.45, 7) is 6.46. The van der Waals surface area contributed by atoms with E-state index in [1.807, 2.05) is 0 Å². The fourth-order valence-corrected chi connectivity index (χ4v) is 1.37. The van der Waals surface area contributed by atoms with Crippen molar-refractivity contribution < 1.29 is 9.53 Å². The first-order valence-electron chi connectivity index (χ1n) is 4.32. The second-order valence-electron chi connectivity index (χ2n) is 4.50. The minimum absolute atomic E-state index is 0.0856. The van der Waals surface area contributed by atoms with Gasteiger partial charge in [-0.3, -0.25) is 4.79 Å². The van der Waals surface area contributed by atoms with Gasteiger partial charge in [0.25, 0.3) is 0 Å². The predicted molar refractivity (Wildman–Crippen MR) is 47.7 cm³/mol. The number of hydrogen-bond acceptors (Lipinski definition) is 2. The van der Waals surface area contributed by atoms with Crippen molar-refractivity contribution in [1.82, 2.24) is 0 Å². The number of allylic oxidation sites excluding steroid dienone is 1. The van der Waals surface area contributed by atoms with E-state index in [4.69, 9.17) is 4.74 Å². The van der Waals surface area contributed by atoms with Crippen molar-refractivity contribution in [2.24, 2.45) is 5.41 Å². The zero-order valence-electron chi connectivity index (χ0n) is 7.96. The summed E-state index contributed by atoms with van der Waals surface area (Å²) in [5.41, 5.74) is 0.232. The molecule has 0 aromatic rings. The van der Waals surface area contributed by atoms with Crippen LogP contribution in [-0.4, -0.2) is 11.9 Å². The second-order valence-corrected chi connectivity index (χ2v) is 4.50. The highest BCUT2D eigenvalue weighted by molar-refractivity contribution is 5.90. The van der Waals surface area contributed by atoms with E-state index < -0.39 is 0 Å². The lowest BCUT2D eigenvalue weighted by Crippen LogP contribution is -2.24. The van der Waals surface area contributed by atoms with Crippen LogP contribution in [0.2, 0.25) is 0 Å². The lowest BCUT2D eigenvalue weighted by Gasteiger charge is -2.26. The molecule has 0 spiro atoms. The van der Waals surface area contributed by atoms with Gasteiger partial charge in [0.2, 0.25) is 0 Å². The number of rotatable bonds is 1. The predicted octanol–water partition coefficient (Wildman–Crippen LogP) is 2.29. The van der Waals surface area contributed by atoms with Gasteiger partial charge < -0.3 is 4.74 Å². The highest BCUT2D eigenvalue weighted by Crippen LogP contribution is 2.25. The average molecular weight is 168 g/mol. The van der Waals surface area contributed by atoms with Crippen LogP contribution in [0.25, 0.3) is 0 Å². The quantitative estimate of drug-likeness (QED) is 0.600. The first kappa shape index (κ1) is 9.30. The summed E-state index contributed by atoms with van der Waals surface area (Å²) in [6.07, 6.45) is 4.57. The molecule has 12 heavy (non-hydrogen) atoms. The van der Waals surface area contributed by atoms with Crippen molar-refractivity contribution in [1.29, 1.82) is 0 Å². The normalized spacial score (nSPS) is 23.9. The third-order valence-electron chi connectivity index (χ3n) is 1.79. The Morgan fingerprint density at radius 1 is 1.58 bits per heavy atom. The lowest BCUT2D eigenvalue weighted by molar-refractivity contribution is -0.118. The molecule has 1 atom stereocenters. The number of carbonyl (C=O) groups is 1. The SMILES string of the molecule is CC(C)(C)CC1CC(=O)C=CO1. The van der Waals surface area contributed by atoms with Gasteiger partial charge in [-0.05, 0) is 11.8 Å². The molecule has 0 aromatic heterocycles. The Kier molecular flexibility index (Phi) is 2.55. The van der Waals surface area contributed by atoms with Crippen LogP contribution in [0.1, 0.15) is 33.6 Å². The molecule has 0 radical (unpaired) electrons. The van der Waals surface area contributed by atoms with Gasteiger partial charge in [0.15, 0.2) is 5.78 Å². The van der Waals surface area contributed by atoms with Gasteiger partial charge in [-0.1, -0.05) is 20.8 Å². The first-order valence-corrected chi connectivity index (χ1v) is 4.32. The van der Waals surface area contributed by atoms with Crippen molar-refractivity contribution in [2.45, 2.75) is 39.7 Å². The zero-order chi connectivity index (χ0) is 9.19. The fourth-order valence-electron chi connectivity index (χ4n) is 1.37. The topological polar surface area (TPSA) is 26.3 Å². The summed E-state index contributed by atoms with van der Waals surface area (Å²) in [5.74, 6) is 0.176. The van der Waals surface area contributed by atoms with E-state index in [2.05, 4.69) is 20.8 Å². The molecule has 1 aliphatic heterocycles. The smallest absolute Gasteiger partial charge is 0.162 e. The molecule has 2 heteroatoms. The molecule has 0 fully saturated rings. The van der Waals surface area contributed by atoms with Crippen LogP contribution in [0.3, 0.4) is 0 Å². The molecule has 1 unspecified atom stereocenters. The lowest BCUT2D eigenvalue weighted by atomic mass is 9.87. The van der Waals surface area contributed by atoms with Crippen LogP contribution >= 0.6 is 0 Å². The number of hydrogen-bond donors (Lipinski definition) is 0. The first-order chi connectivity index (χ1) is 5.47. The van der Waals surface area contributed by atoms with E-state index in [9.17, 15) is 4.79 Å². The summed E-state index contributed by atoms with van der Waals surface area (Å²) in [6, 6.07) is 0. The molecule has 0 amide bonds. The Balaban J connectivity index is 2.45. The zero-order valence-corrected chi connectivity index (χ0v) is 7.96.